The third-order valence-electron chi connectivity index (χ3n) is 12.3. The van der Waals surface area contributed by atoms with E-state index in [4.69, 9.17) is 35.3 Å². The molecule has 2 aromatic heterocycles. The van der Waals surface area contributed by atoms with Crippen LogP contribution in [0.25, 0.3) is 32.9 Å². The van der Waals surface area contributed by atoms with Gasteiger partial charge in [-0.15, -0.1) is 6.42 Å². The van der Waals surface area contributed by atoms with Crippen molar-refractivity contribution in [2.45, 2.75) is 89.6 Å². The number of methoxy groups -OCH3 is 1. The van der Waals surface area contributed by atoms with E-state index in [0.717, 1.165) is 58.0 Å². The van der Waals surface area contributed by atoms with Crippen LogP contribution in [-0.2, 0) is 9.47 Å². The smallest absolute Gasteiger partial charge is 0.319 e. The first-order valence-corrected chi connectivity index (χ1v) is 19.8. The standard InChI is InChI=1S/C43H51F2N5O6/c1-6-30-32(44)11-10-28-19-29(51)20-31(34(28)30)37-36(45)38-35(40(46-37)53-5)39(50-15-16-54-23-42(4,52)22-50)48-41(47-38)55-24-43-12-7-9-33(43)49(14-8-13-43)21-27-17-25(2)56-26(3)18-27/h1,10-11,19-20,25-27,33,51-52H,7-9,12-18,21-24H2,2-5H3. The van der Waals surface area contributed by atoms with Crippen LogP contribution in [0.15, 0.2) is 24.3 Å². The molecule has 4 fully saturated rings. The summed E-state index contributed by atoms with van der Waals surface area (Å²) in [6, 6.07) is 5.74. The molecule has 1 aliphatic carbocycles. The molecule has 0 amide bonds. The van der Waals surface area contributed by atoms with Crippen molar-refractivity contribution < 1.29 is 37.9 Å². The van der Waals surface area contributed by atoms with E-state index in [1.807, 2.05) is 4.90 Å². The van der Waals surface area contributed by atoms with Gasteiger partial charge in [0.2, 0.25) is 5.88 Å². The Morgan fingerprint density at radius 1 is 1.05 bits per heavy atom. The van der Waals surface area contributed by atoms with Crippen LogP contribution in [0.4, 0.5) is 14.6 Å². The number of terminal acetylenes is 1. The van der Waals surface area contributed by atoms with Crippen molar-refractivity contribution >= 4 is 27.5 Å². The zero-order chi connectivity index (χ0) is 39.4. The first-order valence-electron chi connectivity index (χ1n) is 19.8. The topological polar surface area (TPSA) is 123 Å². The molecule has 0 spiro atoms. The number of nitrogens with zero attached hydrogens (tertiary/aromatic N) is 5. The Bertz CT molecular complexity index is 2170. The first kappa shape index (κ1) is 38.5. The first-order chi connectivity index (χ1) is 26.9. The number of hydrogen-bond acceptors (Lipinski definition) is 11. The molecular formula is C43H51F2N5O6. The normalized spacial score (nSPS) is 28.6. The average Bonchev–Trinajstić information content (AvgIpc) is 3.51. The number of halogens is 2. The summed E-state index contributed by atoms with van der Waals surface area (Å²) in [5.41, 5.74) is -1.76. The molecule has 13 heteroatoms. The number of aromatic nitrogens is 3. The van der Waals surface area contributed by atoms with Crippen molar-refractivity contribution in [3.05, 3.63) is 41.5 Å². The van der Waals surface area contributed by atoms with Crippen LogP contribution in [0.5, 0.6) is 17.6 Å². The third kappa shape index (κ3) is 7.21. The van der Waals surface area contributed by atoms with Crippen molar-refractivity contribution in [3.8, 4) is 41.2 Å². The molecule has 2 N–H and O–H groups in total. The van der Waals surface area contributed by atoms with Crippen LogP contribution in [-0.4, -0.2) is 107 Å². The number of ether oxygens (including phenoxy) is 4. The maximum absolute atomic E-state index is 17.4. The fourth-order valence-corrected chi connectivity index (χ4v) is 10.1. The Labute approximate surface area is 326 Å². The van der Waals surface area contributed by atoms with Gasteiger partial charge in [0.1, 0.15) is 39.6 Å². The molecule has 3 saturated heterocycles. The third-order valence-corrected chi connectivity index (χ3v) is 12.3. The number of aromatic hydroxyl groups is 1. The number of pyridine rings is 1. The predicted octanol–water partition coefficient (Wildman–Crippen LogP) is 6.62. The molecule has 4 aliphatic rings. The minimum absolute atomic E-state index is 0.00738. The molecule has 56 heavy (non-hydrogen) atoms. The van der Waals surface area contributed by atoms with Crippen molar-refractivity contribution in [1.29, 1.82) is 0 Å². The number of anilines is 1. The number of phenolic OH excluding ortho intramolecular Hbond substituents is 1. The van der Waals surface area contributed by atoms with Crippen molar-refractivity contribution in [3.63, 3.8) is 0 Å². The molecule has 1 saturated carbocycles. The largest absolute Gasteiger partial charge is 0.508 e. The number of likely N-dealkylation sites (tertiary alicyclic amines) is 1. The van der Waals surface area contributed by atoms with Crippen molar-refractivity contribution in [2.75, 3.05) is 58.0 Å². The lowest BCUT2D eigenvalue weighted by Crippen LogP contribution is -2.53. The lowest BCUT2D eigenvalue weighted by atomic mass is 9.75. The molecule has 8 rings (SSSR count). The summed E-state index contributed by atoms with van der Waals surface area (Å²) < 4.78 is 56.7. The Balaban J connectivity index is 1.22. The van der Waals surface area contributed by atoms with Crippen LogP contribution in [0.1, 0.15) is 71.3 Å². The summed E-state index contributed by atoms with van der Waals surface area (Å²) in [5.74, 6) is 1.52. The van der Waals surface area contributed by atoms with Gasteiger partial charge in [-0.05, 0) is 95.3 Å². The van der Waals surface area contributed by atoms with Crippen LogP contribution in [0, 0.1) is 35.3 Å². The van der Waals surface area contributed by atoms with Crippen LogP contribution >= 0.6 is 0 Å². The van der Waals surface area contributed by atoms with Gasteiger partial charge in [-0.1, -0.05) is 18.4 Å². The highest BCUT2D eigenvalue weighted by atomic mass is 19.1. The summed E-state index contributed by atoms with van der Waals surface area (Å²) in [7, 11) is 1.41. The van der Waals surface area contributed by atoms with Crippen LogP contribution < -0.4 is 14.4 Å². The second-order valence-electron chi connectivity index (χ2n) is 16.7. The van der Waals surface area contributed by atoms with E-state index in [1.165, 1.54) is 31.4 Å². The second kappa shape index (κ2) is 15.2. The van der Waals surface area contributed by atoms with E-state index < -0.39 is 17.2 Å². The molecule has 0 bridgehead atoms. The average molecular weight is 772 g/mol. The molecule has 0 radical (unpaired) electrons. The maximum Gasteiger partial charge on any atom is 0.319 e. The highest BCUT2D eigenvalue weighted by Gasteiger charge is 2.49. The Hall–Kier alpha value is -4.35. The number of piperidine rings is 1. The number of fused-ring (bicyclic) bond motifs is 3. The molecule has 2 aromatic carbocycles. The number of hydrogen-bond donors (Lipinski definition) is 2. The van der Waals surface area contributed by atoms with Gasteiger partial charge in [0.05, 0.1) is 51.2 Å². The summed E-state index contributed by atoms with van der Waals surface area (Å²) in [6.45, 7) is 9.31. The fourth-order valence-electron chi connectivity index (χ4n) is 10.1. The predicted molar refractivity (Wildman–Crippen MR) is 209 cm³/mol. The zero-order valence-electron chi connectivity index (χ0n) is 32.6. The van der Waals surface area contributed by atoms with E-state index in [9.17, 15) is 10.2 Å². The molecule has 11 nitrogen and oxygen atoms in total. The van der Waals surface area contributed by atoms with Gasteiger partial charge in [0.15, 0.2) is 5.82 Å². The molecule has 4 aromatic rings. The molecule has 5 unspecified atom stereocenters. The van der Waals surface area contributed by atoms with Gasteiger partial charge in [-0.25, -0.2) is 13.8 Å². The summed E-state index contributed by atoms with van der Waals surface area (Å²) >= 11 is 0. The number of benzene rings is 2. The molecular weight excluding hydrogens is 720 g/mol. The maximum atomic E-state index is 17.4. The molecule has 3 aliphatic heterocycles. The minimum atomic E-state index is -1.24. The number of rotatable bonds is 8. The molecule has 298 valence electrons. The Kier molecular flexibility index (Phi) is 10.5. The van der Waals surface area contributed by atoms with Gasteiger partial charge < -0.3 is 34.1 Å². The van der Waals surface area contributed by atoms with E-state index in [0.29, 0.717) is 30.5 Å². The number of β-amino-alcohol motifs (C(OH)–C–C–N with tert-alkyl or cyclic N) is 1. The highest BCUT2D eigenvalue weighted by Crippen LogP contribution is 2.49. The second-order valence-corrected chi connectivity index (χ2v) is 16.7. The number of phenols is 1. The van der Waals surface area contributed by atoms with Gasteiger partial charge in [-0.3, -0.25) is 4.90 Å². The fraction of sp³-hybridized carbons (Fsp3) is 0.558. The van der Waals surface area contributed by atoms with Gasteiger partial charge >= 0.3 is 6.01 Å². The van der Waals surface area contributed by atoms with Crippen LogP contribution in [0.3, 0.4) is 0 Å². The summed E-state index contributed by atoms with van der Waals surface area (Å²) in [5, 5.41) is 22.7. The quantitative estimate of drug-likeness (QED) is 0.188. The highest BCUT2D eigenvalue weighted by molar-refractivity contribution is 6.04. The summed E-state index contributed by atoms with van der Waals surface area (Å²) in [6.07, 6.45) is 13.7. The zero-order valence-corrected chi connectivity index (χ0v) is 32.6. The van der Waals surface area contributed by atoms with E-state index >= 15 is 8.78 Å². The lowest BCUT2D eigenvalue weighted by Gasteiger charge is -2.48. The molecule has 5 heterocycles. The lowest BCUT2D eigenvalue weighted by molar-refractivity contribution is -0.0697. The summed E-state index contributed by atoms with van der Waals surface area (Å²) in [4.78, 5) is 18.7. The Morgan fingerprint density at radius 2 is 1.84 bits per heavy atom. The van der Waals surface area contributed by atoms with Crippen molar-refractivity contribution in [2.24, 2.45) is 11.3 Å². The van der Waals surface area contributed by atoms with Gasteiger partial charge in [-0.2, -0.15) is 9.97 Å². The molecule has 5 atom stereocenters. The van der Waals surface area contributed by atoms with E-state index in [-0.39, 0.29) is 93.9 Å². The van der Waals surface area contributed by atoms with E-state index in [2.05, 4.69) is 29.7 Å². The Morgan fingerprint density at radius 3 is 2.61 bits per heavy atom. The monoisotopic (exact) mass is 771 g/mol. The van der Waals surface area contributed by atoms with Gasteiger partial charge in [0.25, 0.3) is 0 Å². The number of aliphatic hydroxyl groups is 1. The SMILES string of the molecule is C#Cc1c(F)ccc2cc(O)cc(-c3nc(OC)c4c(N5CCOCC(C)(O)C5)nc(OCC56CCCC5N(CC5CC(C)OC(C)C5)CCC6)nc4c3F)c12. The minimum Gasteiger partial charge on any atom is -0.508 e. The van der Waals surface area contributed by atoms with Crippen LogP contribution in [0.2, 0.25) is 0 Å². The van der Waals surface area contributed by atoms with Crippen molar-refractivity contribution in [1.82, 2.24) is 19.9 Å². The van der Waals surface area contributed by atoms with Gasteiger partial charge in [0, 0.05) is 35.5 Å². The van der Waals surface area contributed by atoms with E-state index in [1.54, 1.807) is 6.92 Å².